The second kappa shape index (κ2) is 7.24. The van der Waals surface area contributed by atoms with Gasteiger partial charge in [0.1, 0.15) is 9.84 Å². The molecule has 0 atom stereocenters. The normalized spacial score (nSPS) is 20.8. The number of alkyl halides is 1. The summed E-state index contributed by atoms with van der Waals surface area (Å²) in [6, 6.07) is 0. The van der Waals surface area contributed by atoms with Crippen LogP contribution < -0.4 is 0 Å². The summed E-state index contributed by atoms with van der Waals surface area (Å²) in [6.07, 6.45) is 3.01. The van der Waals surface area contributed by atoms with Crippen molar-refractivity contribution in [3.8, 4) is 0 Å². The Morgan fingerprint density at radius 1 is 1.16 bits per heavy atom. The Balaban J connectivity index is 2.51. The molecule has 0 N–H and O–H groups in total. The Kier molecular flexibility index (Phi) is 6.56. The van der Waals surface area contributed by atoms with Gasteiger partial charge < -0.3 is 0 Å². The Labute approximate surface area is 121 Å². The summed E-state index contributed by atoms with van der Waals surface area (Å²) >= 11 is 5.57. The van der Waals surface area contributed by atoms with Crippen molar-refractivity contribution in [2.24, 2.45) is 0 Å². The lowest BCUT2D eigenvalue weighted by Gasteiger charge is -2.27. The summed E-state index contributed by atoms with van der Waals surface area (Å²) in [5.41, 5.74) is 0. The number of halogens is 1. The van der Waals surface area contributed by atoms with E-state index in [1.807, 2.05) is 0 Å². The number of unbranched alkanes of at least 4 members (excludes halogenated alkanes) is 2. The van der Waals surface area contributed by atoms with Crippen molar-refractivity contribution in [3.05, 3.63) is 0 Å². The SMILES string of the molecule is CN(CCCCCCl)S(=O)(=O)C1CCS(=O)(=O)CC1. The van der Waals surface area contributed by atoms with E-state index in [0.717, 1.165) is 19.3 Å². The predicted molar refractivity (Wildman–Crippen MR) is 77.8 cm³/mol. The molecule has 0 aromatic rings. The molecule has 0 saturated carbocycles. The molecular weight excluding hydrogens is 310 g/mol. The number of nitrogens with zero attached hydrogens (tertiary/aromatic N) is 1. The van der Waals surface area contributed by atoms with E-state index in [-0.39, 0.29) is 24.3 Å². The number of hydrogen-bond donors (Lipinski definition) is 0. The molecule has 114 valence electrons. The lowest BCUT2D eigenvalue weighted by atomic mass is 10.2. The maximum atomic E-state index is 12.3. The van der Waals surface area contributed by atoms with Crippen LogP contribution in [-0.2, 0) is 19.9 Å². The highest BCUT2D eigenvalue weighted by molar-refractivity contribution is 7.92. The number of rotatable bonds is 7. The van der Waals surface area contributed by atoms with Crippen LogP contribution in [0.2, 0.25) is 0 Å². The molecular formula is C11H22ClNO4S2. The van der Waals surface area contributed by atoms with Crippen LogP contribution in [0.25, 0.3) is 0 Å². The largest absolute Gasteiger partial charge is 0.229 e. The van der Waals surface area contributed by atoms with E-state index < -0.39 is 25.1 Å². The first-order valence-corrected chi connectivity index (χ1v) is 10.4. The van der Waals surface area contributed by atoms with Gasteiger partial charge in [-0.25, -0.2) is 21.1 Å². The fourth-order valence-corrected chi connectivity index (χ4v) is 5.86. The van der Waals surface area contributed by atoms with Crippen LogP contribution in [0.3, 0.4) is 0 Å². The zero-order chi connectivity index (χ0) is 14.5. The average Bonchev–Trinajstić information content (AvgIpc) is 2.33. The van der Waals surface area contributed by atoms with Gasteiger partial charge in [-0.3, -0.25) is 0 Å². The van der Waals surface area contributed by atoms with E-state index in [4.69, 9.17) is 11.6 Å². The van der Waals surface area contributed by atoms with Crippen LogP contribution in [-0.4, -0.2) is 57.4 Å². The van der Waals surface area contributed by atoms with Gasteiger partial charge in [0, 0.05) is 19.5 Å². The quantitative estimate of drug-likeness (QED) is 0.519. The Bertz CT molecular complexity index is 461. The molecule has 8 heteroatoms. The second-order valence-corrected chi connectivity index (χ2v) is 9.97. The fourth-order valence-electron chi connectivity index (χ4n) is 2.15. The molecule has 1 rings (SSSR count). The Morgan fingerprint density at radius 3 is 2.26 bits per heavy atom. The first-order chi connectivity index (χ1) is 8.79. The van der Waals surface area contributed by atoms with Crippen LogP contribution >= 0.6 is 11.6 Å². The van der Waals surface area contributed by atoms with Gasteiger partial charge in [-0.15, -0.1) is 11.6 Å². The minimum absolute atomic E-state index is 0.0169. The summed E-state index contributed by atoms with van der Waals surface area (Å²) < 4.78 is 48.5. The van der Waals surface area contributed by atoms with Crippen molar-refractivity contribution in [2.75, 3.05) is 31.0 Å². The molecule has 0 aromatic heterocycles. The van der Waals surface area contributed by atoms with Gasteiger partial charge in [0.2, 0.25) is 10.0 Å². The topological polar surface area (TPSA) is 71.5 Å². The van der Waals surface area contributed by atoms with E-state index in [1.165, 1.54) is 4.31 Å². The maximum absolute atomic E-state index is 12.3. The molecule has 1 fully saturated rings. The third-order valence-corrected chi connectivity index (χ3v) is 7.81. The fraction of sp³-hybridized carbons (Fsp3) is 1.00. The predicted octanol–water partition coefficient (Wildman–Crippen LogP) is 1.23. The Hall–Kier alpha value is 0.150. The molecule has 0 aliphatic carbocycles. The standard InChI is InChI=1S/C11H22ClNO4S2/c1-13(8-4-2-3-7-12)19(16,17)11-5-9-18(14,15)10-6-11/h11H,2-10H2,1H3. The first-order valence-electron chi connectivity index (χ1n) is 6.51. The van der Waals surface area contributed by atoms with Crippen molar-refractivity contribution in [1.29, 1.82) is 0 Å². The third-order valence-electron chi connectivity index (χ3n) is 3.46. The molecule has 0 unspecified atom stereocenters. The van der Waals surface area contributed by atoms with Crippen molar-refractivity contribution < 1.29 is 16.8 Å². The van der Waals surface area contributed by atoms with Crippen molar-refractivity contribution in [1.82, 2.24) is 4.31 Å². The lowest BCUT2D eigenvalue weighted by molar-refractivity contribution is 0.439. The molecule has 0 spiro atoms. The smallest absolute Gasteiger partial charge is 0.216 e. The minimum atomic E-state index is -3.36. The van der Waals surface area contributed by atoms with Gasteiger partial charge >= 0.3 is 0 Å². The monoisotopic (exact) mass is 331 g/mol. The highest BCUT2D eigenvalue weighted by Gasteiger charge is 2.34. The molecule has 5 nitrogen and oxygen atoms in total. The van der Waals surface area contributed by atoms with Crippen molar-refractivity contribution in [2.45, 2.75) is 37.4 Å². The zero-order valence-corrected chi connectivity index (χ0v) is 13.6. The lowest BCUT2D eigenvalue weighted by Crippen LogP contribution is -2.41. The molecule has 1 heterocycles. The number of sulfonamides is 1. The first kappa shape index (κ1) is 17.2. The van der Waals surface area contributed by atoms with E-state index in [1.54, 1.807) is 7.05 Å². The summed E-state index contributed by atoms with van der Waals surface area (Å²) in [4.78, 5) is 0. The van der Waals surface area contributed by atoms with Gasteiger partial charge in [-0.05, 0) is 25.7 Å². The van der Waals surface area contributed by atoms with Crippen molar-refractivity contribution >= 4 is 31.5 Å². The van der Waals surface area contributed by atoms with Gasteiger partial charge in [0.15, 0.2) is 0 Å². The minimum Gasteiger partial charge on any atom is -0.229 e. The van der Waals surface area contributed by atoms with Gasteiger partial charge in [-0.2, -0.15) is 0 Å². The number of sulfone groups is 1. The second-order valence-electron chi connectivity index (χ2n) is 4.97. The summed E-state index contributed by atoms with van der Waals surface area (Å²) in [5.74, 6) is 0.560. The molecule has 1 aliphatic heterocycles. The molecule has 1 saturated heterocycles. The van der Waals surface area contributed by atoms with Gasteiger partial charge in [0.25, 0.3) is 0 Å². The average molecular weight is 332 g/mol. The highest BCUT2D eigenvalue weighted by atomic mass is 35.5. The third kappa shape index (κ3) is 5.21. The number of hydrogen-bond acceptors (Lipinski definition) is 4. The molecule has 0 radical (unpaired) electrons. The maximum Gasteiger partial charge on any atom is 0.216 e. The molecule has 0 bridgehead atoms. The summed E-state index contributed by atoms with van der Waals surface area (Å²) in [7, 11) is -4.82. The van der Waals surface area contributed by atoms with Crippen LogP contribution in [0.15, 0.2) is 0 Å². The van der Waals surface area contributed by atoms with Crippen LogP contribution in [0.1, 0.15) is 32.1 Å². The van der Waals surface area contributed by atoms with E-state index >= 15 is 0 Å². The van der Waals surface area contributed by atoms with E-state index in [0.29, 0.717) is 12.4 Å². The Morgan fingerprint density at radius 2 is 1.74 bits per heavy atom. The van der Waals surface area contributed by atoms with Crippen LogP contribution in [0, 0.1) is 0 Å². The molecule has 1 aliphatic rings. The van der Waals surface area contributed by atoms with E-state index in [9.17, 15) is 16.8 Å². The molecule has 19 heavy (non-hydrogen) atoms. The molecule has 0 aromatic carbocycles. The van der Waals surface area contributed by atoms with Crippen LogP contribution in [0.5, 0.6) is 0 Å². The van der Waals surface area contributed by atoms with Crippen molar-refractivity contribution in [3.63, 3.8) is 0 Å². The highest BCUT2D eigenvalue weighted by Crippen LogP contribution is 2.22. The van der Waals surface area contributed by atoms with Gasteiger partial charge in [0.05, 0.1) is 16.8 Å². The van der Waals surface area contributed by atoms with Crippen LogP contribution in [0.4, 0.5) is 0 Å². The van der Waals surface area contributed by atoms with E-state index in [2.05, 4.69) is 0 Å². The summed E-state index contributed by atoms with van der Waals surface area (Å²) in [6.45, 7) is 0.475. The summed E-state index contributed by atoms with van der Waals surface area (Å²) in [5, 5.41) is -0.547. The molecule has 0 amide bonds. The zero-order valence-electron chi connectivity index (χ0n) is 11.2. The van der Waals surface area contributed by atoms with Gasteiger partial charge in [-0.1, -0.05) is 6.42 Å².